The van der Waals surface area contributed by atoms with Crippen molar-refractivity contribution in [2.24, 2.45) is 28.6 Å². The van der Waals surface area contributed by atoms with Crippen LogP contribution in [0.1, 0.15) is 118 Å². The number of carbonyl (C=O) groups is 2. The number of ether oxygens (including phenoxy) is 2. The molecule has 7 aliphatic rings. The van der Waals surface area contributed by atoms with Crippen LogP contribution in [0.2, 0.25) is 0 Å². The monoisotopic (exact) mass is 639 g/mol. The molecule has 1 aliphatic heterocycles. The van der Waals surface area contributed by atoms with Crippen LogP contribution in [-0.4, -0.2) is 53.8 Å². The maximum Gasteiger partial charge on any atom is 0.410 e. The molecule has 4 saturated carbocycles. The predicted molar refractivity (Wildman–Crippen MR) is 184 cm³/mol. The molecule has 1 N–H and O–H groups in total. The highest BCUT2D eigenvalue weighted by molar-refractivity contribution is 6.10. The quantitative estimate of drug-likeness (QED) is 0.262. The summed E-state index contributed by atoms with van der Waals surface area (Å²) < 4.78 is 12.0. The largest absolute Gasteiger partial charge is 0.497 e. The van der Waals surface area contributed by atoms with Gasteiger partial charge in [0.2, 0.25) is 0 Å². The molecule has 0 radical (unpaired) electrons. The fourth-order valence-electron chi connectivity index (χ4n) is 10.5. The Morgan fingerprint density at radius 1 is 1.04 bits per heavy atom. The molecule has 7 atom stereocenters. The summed E-state index contributed by atoms with van der Waals surface area (Å²) in [5, 5.41) is 10.9. The Balaban J connectivity index is 1.25. The lowest BCUT2D eigenvalue weighted by Crippen LogP contribution is -2.55. The van der Waals surface area contributed by atoms with Crippen molar-refractivity contribution in [1.82, 2.24) is 4.90 Å². The molecule has 6 nitrogen and oxygen atoms in total. The number of hydrogen-bond acceptors (Lipinski definition) is 5. The first-order valence-electron chi connectivity index (χ1n) is 18.1. The van der Waals surface area contributed by atoms with Gasteiger partial charge in [-0.05, 0) is 142 Å². The highest BCUT2D eigenvalue weighted by atomic mass is 16.6. The minimum absolute atomic E-state index is 0.0195. The minimum atomic E-state index is -0.602. The van der Waals surface area contributed by atoms with E-state index in [9.17, 15) is 14.7 Å². The van der Waals surface area contributed by atoms with E-state index in [2.05, 4.69) is 45.9 Å². The van der Waals surface area contributed by atoms with Gasteiger partial charge < -0.3 is 19.5 Å². The van der Waals surface area contributed by atoms with Crippen molar-refractivity contribution in [2.75, 3.05) is 20.2 Å². The van der Waals surface area contributed by atoms with Crippen LogP contribution in [0.15, 0.2) is 54.1 Å². The van der Waals surface area contributed by atoms with E-state index in [0.717, 1.165) is 55.7 Å². The SMILES string of the molecule is COc1ccc(C(=O)c2cc3ccc2[C@@H]2CC[C@@]4(CN(C[C@@H]5CC[C@H]6C[C@@H]5C6(C)C)C(=O)O4)[C@@]2(C)CCC=C(C)CC[C@H](O)C3)cc1. The van der Waals surface area contributed by atoms with E-state index in [1.54, 1.807) is 7.11 Å². The molecule has 2 aromatic rings. The molecule has 4 bridgehead atoms. The number of methoxy groups -OCH3 is 1. The van der Waals surface area contributed by atoms with Crippen LogP contribution in [0.4, 0.5) is 4.79 Å². The van der Waals surface area contributed by atoms with Gasteiger partial charge in [-0.25, -0.2) is 4.79 Å². The summed E-state index contributed by atoms with van der Waals surface area (Å²) in [7, 11) is 1.63. The molecule has 5 fully saturated rings. The fraction of sp³-hybridized carbons (Fsp3) is 0.610. The second-order valence-electron chi connectivity index (χ2n) is 16.4. The van der Waals surface area contributed by atoms with Gasteiger partial charge in [0.25, 0.3) is 0 Å². The average molecular weight is 640 g/mol. The number of aliphatic hydroxyl groups is 1. The number of allylic oxidation sites excluding steroid dienone is 2. The third kappa shape index (κ3) is 5.53. The smallest absolute Gasteiger partial charge is 0.410 e. The summed E-state index contributed by atoms with van der Waals surface area (Å²) in [6.07, 6.45) is 10.9. The maximum absolute atomic E-state index is 14.3. The lowest BCUT2D eigenvalue weighted by molar-refractivity contribution is -0.109. The molecule has 2 aromatic carbocycles. The average Bonchev–Trinajstić information content (AvgIpc) is 3.53. The summed E-state index contributed by atoms with van der Waals surface area (Å²) in [6.45, 7) is 10.8. The van der Waals surface area contributed by atoms with E-state index in [-0.39, 0.29) is 23.2 Å². The second-order valence-corrected chi connectivity index (χ2v) is 16.4. The Bertz CT molecular complexity index is 1560. The number of hydrogen-bond donors (Lipinski definition) is 1. The van der Waals surface area contributed by atoms with Crippen molar-refractivity contribution in [3.8, 4) is 5.75 Å². The fourth-order valence-corrected chi connectivity index (χ4v) is 10.5. The molecule has 1 saturated heterocycles. The summed E-state index contributed by atoms with van der Waals surface area (Å²) in [5.41, 5.74) is 4.02. The van der Waals surface area contributed by atoms with Gasteiger partial charge in [-0.3, -0.25) is 4.79 Å². The van der Waals surface area contributed by atoms with Crippen molar-refractivity contribution in [2.45, 2.75) is 110 Å². The Labute approximate surface area is 280 Å². The third-order valence-electron chi connectivity index (χ3n) is 13.7. The minimum Gasteiger partial charge on any atom is -0.497 e. The van der Waals surface area contributed by atoms with Gasteiger partial charge in [0.05, 0.1) is 19.8 Å². The number of fused-ring (bicyclic) bond motifs is 10. The van der Waals surface area contributed by atoms with E-state index in [4.69, 9.17) is 9.47 Å². The molecule has 1 heterocycles. The molecular formula is C41H53NO5. The maximum atomic E-state index is 14.3. The van der Waals surface area contributed by atoms with Crippen molar-refractivity contribution in [3.63, 3.8) is 0 Å². The van der Waals surface area contributed by atoms with Gasteiger partial charge in [0.1, 0.15) is 11.4 Å². The number of benzene rings is 2. The number of amides is 1. The van der Waals surface area contributed by atoms with Crippen LogP contribution in [0.3, 0.4) is 0 Å². The lowest BCUT2D eigenvalue weighted by atomic mass is 9.45. The Kier molecular flexibility index (Phi) is 8.34. The molecule has 0 aromatic heterocycles. The lowest BCUT2D eigenvalue weighted by Gasteiger charge is -2.60. The van der Waals surface area contributed by atoms with E-state index in [1.165, 1.54) is 24.8 Å². The molecule has 47 heavy (non-hydrogen) atoms. The summed E-state index contributed by atoms with van der Waals surface area (Å²) in [6, 6.07) is 13.6. The second kappa shape index (κ2) is 12.1. The van der Waals surface area contributed by atoms with E-state index in [0.29, 0.717) is 53.5 Å². The summed E-state index contributed by atoms with van der Waals surface area (Å²) in [5.74, 6) is 2.79. The number of ketones is 1. The summed E-state index contributed by atoms with van der Waals surface area (Å²) in [4.78, 5) is 30.2. The van der Waals surface area contributed by atoms with Crippen LogP contribution in [-0.2, 0) is 11.2 Å². The number of carbonyl (C=O) groups excluding carboxylic acids is 2. The highest BCUT2D eigenvalue weighted by Gasteiger charge is 2.64. The van der Waals surface area contributed by atoms with Gasteiger partial charge in [-0.15, -0.1) is 0 Å². The van der Waals surface area contributed by atoms with Crippen LogP contribution in [0.5, 0.6) is 5.75 Å². The Morgan fingerprint density at radius 3 is 2.55 bits per heavy atom. The van der Waals surface area contributed by atoms with Crippen molar-refractivity contribution in [3.05, 3.63) is 76.4 Å². The molecule has 9 rings (SSSR count). The Hall–Kier alpha value is -3.12. The molecule has 6 heteroatoms. The zero-order valence-corrected chi connectivity index (χ0v) is 29.0. The molecule has 6 aliphatic carbocycles. The molecule has 252 valence electrons. The van der Waals surface area contributed by atoms with Crippen LogP contribution in [0, 0.1) is 28.6 Å². The van der Waals surface area contributed by atoms with E-state index >= 15 is 0 Å². The zero-order valence-electron chi connectivity index (χ0n) is 29.0. The van der Waals surface area contributed by atoms with E-state index < -0.39 is 11.7 Å². The first-order valence-corrected chi connectivity index (χ1v) is 18.1. The van der Waals surface area contributed by atoms with Crippen LogP contribution >= 0.6 is 0 Å². The normalized spacial score (nSPS) is 34.7. The van der Waals surface area contributed by atoms with Crippen LogP contribution < -0.4 is 4.74 Å². The van der Waals surface area contributed by atoms with Gasteiger partial charge >= 0.3 is 6.09 Å². The Morgan fingerprint density at radius 2 is 1.83 bits per heavy atom. The van der Waals surface area contributed by atoms with Crippen molar-refractivity contribution >= 4 is 11.9 Å². The molecular weight excluding hydrogens is 586 g/mol. The predicted octanol–water partition coefficient (Wildman–Crippen LogP) is 8.50. The number of nitrogens with zero attached hydrogens (tertiary/aromatic N) is 1. The molecule has 1 spiro atoms. The topological polar surface area (TPSA) is 76.1 Å². The van der Waals surface area contributed by atoms with Gasteiger partial charge in [-0.2, -0.15) is 0 Å². The molecule has 0 unspecified atom stereocenters. The highest BCUT2D eigenvalue weighted by Crippen LogP contribution is 2.64. The van der Waals surface area contributed by atoms with E-state index in [1.807, 2.05) is 35.2 Å². The third-order valence-corrected chi connectivity index (χ3v) is 13.7. The number of rotatable bonds is 5. The zero-order chi connectivity index (χ0) is 33.1. The van der Waals surface area contributed by atoms with Crippen molar-refractivity contribution in [1.29, 1.82) is 0 Å². The number of aliphatic hydroxyl groups excluding tert-OH is 1. The van der Waals surface area contributed by atoms with Gasteiger partial charge in [-0.1, -0.05) is 44.6 Å². The first-order chi connectivity index (χ1) is 22.4. The standard InChI is InChI=1S/C41H53NO5/c1-26-7-6-19-40(4)35(18-20-41(40)25-42(38(45)47-41)24-29-10-13-30-23-36(29)39(30,2)3)33-17-9-27(21-31(43)14-8-26)22-34(33)37(44)28-11-15-32(46-5)16-12-28/h7,9,11-12,15-17,22,29-31,35-36,43H,6,8,10,13-14,18-21,23-25H2,1-5H3/t29-,30-,31-,35-,36-,40-,41+/m0/s1. The molecule has 1 amide bonds. The van der Waals surface area contributed by atoms with Gasteiger partial charge in [0.15, 0.2) is 5.78 Å². The first kappa shape index (κ1) is 32.4. The van der Waals surface area contributed by atoms with Crippen LogP contribution in [0.25, 0.3) is 0 Å². The van der Waals surface area contributed by atoms with Gasteiger partial charge in [0, 0.05) is 23.1 Å². The summed E-state index contributed by atoms with van der Waals surface area (Å²) >= 11 is 0. The van der Waals surface area contributed by atoms with Crippen molar-refractivity contribution < 1.29 is 24.2 Å².